The van der Waals surface area contributed by atoms with Crippen molar-refractivity contribution in [2.75, 3.05) is 32.8 Å². The van der Waals surface area contributed by atoms with Crippen LogP contribution in [0.2, 0.25) is 0 Å². The molecule has 3 fully saturated rings. The van der Waals surface area contributed by atoms with Crippen molar-refractivity contribution in [2.24, 2.45) is 5.92 Å². The molecular formula is C14H24N2O3. The topological polar surface area (TPSA) is 61.8 Å². The predicted molar refractivity (Wildman–Crippen MR) is 70.7 cm³/mol. The van der Waals surface area contributed by atoms with Gasteiger partial charge in [0.15, 0.2) is 0 Å². The fraction of sp³-hybridized carbons (Fsp3) is 0.929. The quantitative estimate of drug-likeness (QED) is 0.709. The number of carbonyl (C=O) groups is 1. The standard InChI is InChI=1S/C14H24N2O3/c17-12-10-16(8-5-14(12)4-1-9-19-14)13(18)11-2-6-15-7-3-11/h11-12,15,17H,1-10H2/t12-,14-/m0/s1. The van der Waals surface area contributed by atoms with Gasteiger partial charge in [0.1, 0.15) is 6.10 Å². The van der Waals surface area contributed by atoms with Crippen LogP contribution in [0.5, 0.6) is 0 Å². The summed E-state index contributed by atoms with van der Waals surface area (Å²) >= 11 is 0. The van der Waals surface area contributed by atoms with Crippen molar-refractivity contribution in [1.29, 1.82) is 0 Å². The van der Waals surface area contributed by atoms with E-state index in [9.17, 15) is 9.90 Å². The second-order valence-corrected chi connectivity index (χ2v) is 6.09. The molecule has 5 nitrogen and oxygen atoms in total. The molecule has 0 aliphatic carbocycles. The molecule has 3 heterocycles. The first-order valence-electron chi connectivity index (χ1n) is 7.53. The highest BCUT2D eigenvalue weighted by Crippen LogP contribution is 2.36. The van der Waals surface area contributed by atoms with E-state index in [1.807, 2.05) is 4.90 Å². The number of rotatable bonds is 1. The fourth-order valence-electron chi connectivity index (χ4n) is 3.66. The van der Waals surface area contributed by atoms with Crippen LogP contribution in [0.3, 0.4) is 0 Å². The number of nitrogens with zero attached hydrogens (tertiary/aromatic N) is 1. The van der Waals surface area contributed by atoms with E-state index in [1.54, 1.807) is 0 Å². The summed E-state index contributed by atoms with van der Waals surface area (Å²) in [4.78, 5) is 14.3. The first-order valence-corrected chi connectivity index (χ1v) is 7.53. The number of nitrogens with one attached hydrogen (secondary N) is 1. The molecule has 0 saturated carbocycles. The Balaban J connectivity index is 1.60. The molecule has 3 aliphatic heterocycles. The monoisotopic (exact) mass is 268 g/mol. The lowest BCUT2D eigenvalue weighted by Gasteiger charge is -2.43. The van der Waals surface area contributed by atoms with E-state index in [-0.39, 0.29) is 17.4 Å². The van der Waals surface area contributed by atoms with Gasteiger partial charge in [0.05, 0.1) is 5.60 Å². The number of amides is 1. The van der Waals surface area contributed by atoms with Gasteiger partial charge in [-0.05, 0) is 45.2 Å². The van der Waals surface area contributed by atoms with Gasteiger partial charge in [-0.2, -0.15) is 0 Å². The van der Waals surface area contributed by atoms with E-state index in [2.05, 4.69) is 5.32 Å². The van der Waals surface area contributed by atoms with Crippen molar-refractivity contribution < 1.29 is 14.6 Å². The maximum atomic E-state index is 12.4. The number of hydrogen-bond donors (Lipinski definition) is 2. The molecule has 2 atom stereocenters. The normalized spacial score (nSPS) is 36.9. The lowest BCUT2D eigenvalue weighted by atomic mass is 9.85. The molecule has 3 rings (SSSR count). The highest BCUT2D eigenvalue weighted by molar-refractivity contribution is 5.79. The Hall–Kier alpha value is -0.650. The van der Waals surface area contributed by atoms with Gasteiger partial charge in [0.25, 0.3) is 0 Å². The van der Waals surface area contributed by atoms with Gasteiger partial charge in [0.2, 0.25) is 5.91 Å². The Morgan fingerprint density at radius 3 is 2.74 bits per heavy atom. The second kappa shape index (κ2) is 5.38. The van der Waals surface area contributed by atoms with E-state index >= 15 is 0 Å². The minimum atomic E-state index is -0.519. The van der Waals surface area contributed by atoms with Gasteiger partial charge < -0.3 is 20.1 Å². The lowest BCUT2D eigenvalue weighted by molar-refractivity contribution is -0.156. The van der Waals surface area contributed by atoms with Crippen molar-refractivity contribution in [3.63, 3.8) is 0 Å². The number of aliphatic hydroxyl groups is 1. The molecule has 108 valence electrons. The number of likely N-dealkylation sites (tertiary alicyclic amines) is 1. The van der Waals surface area contributed by atoms with Crippen molar-refractivity contribution in [2.45, 2.75) is 43.8 Å². The van der Waals surface area contributed by atoms with E-state index in [4.69, 9.17) is 4.74 Å². The summed E-state index contributed by atoms with van der Waals surface area (Å²) in [5.41, 5.74) is -0.356. The molecule has 3 saturated heterocycles. The fourth-order valence-corrected chi connectivity index (χ4v) is 3.66. The molecule has 0 aromatic heterocycles. The number of carbonyl (C=O) groups excluding carboxylic acids is 1. The molecule has 5 heteroatoms. The van der Waals surface area contributed by atoms with Crippen LogP contribution in [-0.2, 0) is 9.53 Å². The highest BCUT2D eigenvalue weighted by Gasteiger charge is 2.46. The Morgan fingerprint density at radius 1 is 1.32 bits per heavy atom. The van der Waals surface area contributed by atoms with Gasteiger partial charge in [0, 0.05) is 25.6 Å². The average molecular weight is 268 g/mol. The Kier molecular flexibility index (Phi) is 3.78. The van der Waals surface area contributed by atoms with Gasteiger partial charge >= 0.3 is 0 Å². The molecule has 0 radical (unpaired) electrons. The summed E-state index contributed by atoms with van der Waals surface area (Å²) in [5.74, 6) is 0.375. The van der Waals surface area contributed by atoms with Crippen LogP contribution in [0.25, 0.3) is 0 Å². The number of ether oxygens (including phenoxy) is 1. The smallest absolute Gasteiger partial charge is 0.225 e. The molecule has 0 aromatic carbocycles. The van der Waals surface area contributed by atoms with Crippen LogP contribution >= 0.6 is 0 Å². The largest absolute Gasteiger partial charge is 0.388 e. The molecule has 0 aromatic rings. The van der Waals surface area contributed by atoms with Crippen LogP contribution in [0, 0.1) is 5.92 Å². The van der Waals surface area contributed by atoms with Crippen LogP contribution < -0.4 is 5.32 Å². The average Bonchev–Trinajstić information content (AvgIpc) is 2.92. The molecule has 1 amide bonds. The third-order valence-corrected chi connectivity index (χ3v) is 4.94. The summed E-state index contributed by atoms with van der Waals surface area (Å²) in [6.07, 6.45) is 4.07. The number of aliphatic hydroxyl groups excluding tert-OH is 1. The number of hydrogen-bond acceptors (Lipinski definition) is 4. The Labute approximate surface area is 114 Å². The van der Waals surface area contributed by atoms with Gasteiger partial charge in [-0.3, -0.25) is 4.79 Å². The third kappa shape index (κ3) is 2.51. The van der Waals surface area contributed by atoms with E-state index < -0.39 is 6.10 Å². The van der Waals surface area contributed by atoms with Crippen molar-refractivity contribution in [1.82, 2.24) is 10.2 Å². The van der Waals surface area contributed by atoms with Crippen molar-refractivity contribution in [3.05, 3.63) is 0 Å². The number of β-amino-alcohol motifs (C(OH)–C–C–N with tert-alkyl or cyclic N) is 1. The number of piperidine rings is 2. The van der Waals surface area contributed by atoms with Gasteiger partial charge in [-0.15, -0.1) is 0 Å². The van der Waals surface area contributed by atoms with Crippen molar-refractivity contribution >= 4 is 5.91 Å². The zero-order valence-electron chi connectivity index (χ0n) is 11.4. The molecular weight excluding hydrogens is 244 g/mol. The maximum Gasteiger partial charge on any atom is 0.225 e. The SMILES string of the molecule is O=C(C1CCNCC1)N1CC[C@@]2(CCCO2)[C@@H](O)C1. The van der Waals surface area contributed by atoms with E-state index in [0.29, 0.717) is 6.54 Å². The first kappa shape index (κ1) is 13.3. The minimum absolute atomic E-state index is 0.145. The molecule has 19 heavy (non-hydrogen) atoms. The van der Waals surface area contributed by atoms with Crippen LogP contribution in [0.1, 0.15) is 32.1 Å². The van der Waals surface area contributed by atoms with E-state index in [0.717, 1.165) is 58.3 Å². The Bertz CT molecular complexity index is 336. The molecule has 2 N–H and O–H groups in total. The first-order chi connectivity index (χ1) is 9.21. The summed E-state index contributed by atoms with van der Waals surface area (Å²) in [7, 11) is 0. The lowest BCUT2D eigenvalue weighted by Crippen LogP contribution is -2.57. The van der Waals surface area contributed by atoms with Crippen LogP contribution in [0.15, 0.2) is 0 Å². The minimum Gasteiger partial charge on any atom is -0.388 e. The Morgan fingerprint density at radius 2 is 2.11 bits per heavy atom. The summed E-state index contributed by atoms with van der Waals surface area (Å²) in [6, 6.07) is 0. The van der Waals surface area contributed by atoms with E-state index in [1.165, 1.54) is 0 Å². The zero-order valence-corrected chi connectivity index (χ0v) is 11.4. The summed E-state index contributed by atoms with van der Waals surface area (Å²) < 4.78 is 5.77. The van der Waals surface area contributed by atoms with Crippen LogP contribution in [-0.4, -0.2) is 60.4 Å². The van der Waals surface area contributed by atoms with Gasteiger partial charge in [-0.1, -0.05) is 0 Å². The molecule has 0 bridgehead atoms. The molecule has 3 aliphatic rings. The summed E-state index contributed by atoms with van der Waals surface area (Å²) in [6.45, 7) is 3.79. The predicted octanol–water partition coefficient (Wildman–Crippen LogP) is 0.128. The molecule has 1 spiro atoms. The summed E-state index contributed by atoms with van der Waals surface area (Å²) in [5, 5.41) is 13.6. The van der Waals surface area contributed by atoms with Crippen LogP contribution in [0.4, 0.5) is 0 Å². The maximum absolute atomic E-state index is 12.4. The van der Waals surface area contributed by atoms with Gasteiger partial charge in [-0.25, -0.2) is 0 Å². The van der Waals surface area contributed by atoms with Crippen molar-refractivity contribution in [3.8, 4) is 0 Å². The third-order valence-electron chi connectivity index (χ3n) is 4.94. The zero-order chi connectivity index (χ0) is 13.3. The highest BCUT2D eigenvalue weighted by atomic mass is 16.5. The molecule has 0 unspecified atom stereocenters. The second-order valence-electron chi connectivity index (χ2n) is 6.09.